The summed E-state index contributed by atoms with van der Waals surface area (Å²) in [7, 11) is 7.23. The molecule has 0 spiro atoms. The molecule has 0 unspecified atom stereocenters. The molecule has 7 heteroatoms. The first-order chi connectivity index (χ1) is 8.56. The van der Waals surface area contributed by atoms with Crippen LogP contribution in [0.25, 0.3) is 11.0 Å². The zero-order chi connectivity index (χ0) is 13.3. The maximum Gasteiger partial charge on any atom is 0.450 e. The van der Waals surface area contributed by atoms with Crippen molar-refractivity contribution in [3.05, 3.63) is 23.4 Å². The van der Waals surface area contributed by atoms with Crippen molar-refractivity contribution in [2.45, 2.75) is 0 Å². The number of ether oxygens (including phenoxy) is 1. The van der Waals surface area contributed by atoms with Gasteiger partial charge in [-0.2, -0.15) is 9.75 Å². The SMILES string of the molecule is COC(N(C)c1cccc2c1n[nH][n+]2[O-])=[N+](C)C. The molecular formula is C11H16N5O2+. The number of amidine groups is 1. The Hall–Kier alpha value is -2.31. The van der Waals surface area contributed by atoms with E-state index in [0.717, 1.165) is 5.69 Å². The molecule has 0 radical (unpaired) electrons. The molecule has 1 N–H and O–H groups in total. The Labute approximate surface area is 104 Å². The normalized spacial score (nSPS) is 10.4. The molecule has 2 aromatic rings. The third-order valence-corrected chi connectivity index (χ3v) is 2.68. The molecule has 0 bridgehead atoms. The average Bonchev–Trinajstić information content (AvgIpc) is 2.71. The van der Waals surface area contributed by atoms with Gasteiger partial charge in [0.2, 0.25) is 5.52 Å². The number of hydrogen-bond donors (Lipinski definition) is 1. The molecule has 96 valence electrons. The topological polar surface area (TPSA) is 71.1 Å². The number of nitrogens with zero attached hydrogens (tertiary/aromatic N) is 4. The fraction of sp³-hybridized carbons (Fsp3) is 0.364. The highest BCUT2D eigenvalue weighted by Gasteiger charge is 2.26. The highest BCUT2D eigenvalue weighted by Crippen LogP contribution is 2.21. The van der Waals surface area contributed by atoms with Crippen LogP contribution in [0.4, 0.5) is 5.69 Å². The lowest BCUT2D eigenvalue weighted by atomic mass is 10.2. The van der Waals surface area contributed by atoms with E-state index >= 15 is 0 Å². The molecule has 0 fully saturated rings. The molecule has 0 saturated carbocycles. The van der Waals surface area contributed by atoms with Crippen molar-refractivity contribution in [3.8, 4) is 0 Å². The van der Waals surface area contributed by atoms with E-state index in [2.05, 4.69) is 10.3 Å². The fourth-order valence-electron chi connectivity index (χ4n) is 1.94. The van der Waals surface area contributed by atoms with Gasteiger partial charge < -0.3 is 9.94 Å². The average molecular weight is 250 g/mol. The first-order valence-electron chi connectivity index (χ1n) is 5.45. The number of hydrogen-bond acceptors (Lipinski definition) is 3. The molecule has 7 nitrogen and oxygen atoms in total. The van der Waals surface area contributed by atoms with Crippen molar-refractivity contribution < 1.29 is 14.2 Å². The summed E-state index contributed by atoms with van der Waals surface area (Å²) in [4.78, 5) is 2.47. The lowest BCUT2D eigenvalue weighted by molar-refractivity contribution is -0.644. The van der Waals surface area contributed by atoms with Gasteiger partial charge in [-0.3, -0.25) is 0 Å². The van der Waals surface area contributed by atoms with Crippen LogP contribution in [0.3, 0.4) is 0 Å². The van der Waals surface area contributed by atoms with E-state index in [1.54, 1.807) is 19.2 Å². The predicted molar refractivity (Wildman–Crippen MR) is 67.6 cm³/mol. The Morgan fingerprint density at radius 2 is 2.22 bits per heavy atom. The number of nitrogens with one attached hydrogen (secondary N) is 1. The molecule has 0 atom stereocenters. The number of fused-ring (bicyclic) bond motifs is 1. The van der Waals surface area contributed by atoms with Gasteiger partial charge in [-0.15, -0.1) is 0 Å². The van der Waals surface area contributed by atoms with Gasteiger partial charge in [0.1, 0.15) is 0 Å². The maximum absolute atomic E-state index is 11.5. The number of anilines is 1. The summed E-state index contributed by atoms with van der Waals surface area (Å²) in [6, 6.07) is 6.06. The molecule has 1 heterocycles. The highest BCUT2D eigenvalue weighted by atomic mass is 16.5. The van der Waals surface area contributed by atoms with Crippen LogP contribution in [-0.4, -0.2) is 49.2 Å². The summed E-state index contributed by atoms with van der Waals surface area (Å²) >= 11 is 0. The van der Waals surface area contributed by atoms with Crippen molar-refractivity contribution in [3.63, 3.8) is 0 Å². The molecule has 0 aliphatic rings. The minimum absolute atomic E-state index is 0.494. The second-order valence-electron chi connectivity index (χ2n) is 4.09. The summed E-state index contributed by atoms with van der Waals surface area (Å²) in [6.45, 7) is 0. The quantitative estimate of drug-likeness (QED) is 0.332. The van der Waals surface area contributed by atoms with Crippen molar-refractivity contribution in [1.82, 2.24) is 10.3 Å². The van der Waals surface area contributed by atoms with Gasteiger partial charge in [0.25, 0.3) is 5.52 Å². The molecule has 0 aliphatic heterocycles. The summed E-state index contributed by atoms with van der Waals surface area (Å²) in [5.41, 5.74) is 1.89. The lowest BCUT2D eigenvalue weighted by Gasteiger charge is -2.12. The molecule has 0 saturated heterocycles. The smallest absolute Gasteiger partial charge is 0.450 e. The number of aromatic amines is 1. The van der Waals surface area contributed by atoms with Crippen LogP contribution in [0.15, 0.2) is 18.2 Å². The molecule has 0 aliphatic carbocycles. The summed E-state index contributed by atoms with van der Waals surface area (Å²) < 4.78 is 7.17. The van der Waals surface area contributed by atoms with Gasteiger partial charge in [0, 0.05) is 0 Å². The van der Waals surface area contributed by atoms with Crippen molar-refractivity contribution in [2.75, 3.05) is 33.2 Å². The summed E-state index contributed by atoms with van der Waals surface area (Å²) in [5.74, 6) is 0. The molecule has 1 aromatic heterocycles. The minimum Gasteiger partial charge on any atom is -0.692 e. The number of aromatic nitrogens is 3. The maximum atomic E-state index is 11.5. The number of para-hydroxylation sites is 1. The Morgan fingerprint density at radius 1 is 1.50 bits per heavy atom. The van der Waals surface area contributed by atoms with Gasteiger partial charge >= 0.3 is 6.02 Å². The van der Waals surface area contributed by atoms with E-state index in [1.165, 1.54) is 0 Å². The van der Waals surface area contributed by atoms with Crippen LogP contribution >= 0.6 is 0 Å². The van der Waals surface area contributed by atoms with Gasteiger partial charge in [0.15, 0.2) is 5.69 Å². The second kappa shape index (κ2) is 4.52. The van der Waals surface area contributed by atoms with E-state index in [0.29, 0.717) is 21.9 Å². The third kappa shape index (κ3) is 1.83. The van der Waals surface area contributed by atoms with Crippen molar-refractivity contribution in [2.24, 2.45) is 0 Å². The van der Waals surface area contributed by atoms with E-state index in [1.807, 2.05) is 36.7 Å². The Kier molecular flexibility index (Phi) is 3.05. The largest absolute Gasteiger partial charge is 0.692 e. The van der Waals surface area contributed by atoms with Gasteiger partial charge in [-0.05, 0) is 12.1 Å². The Bertz CT molecular complexity index is 600. The minimum atomic E-state index is 0.494. The number of methoxy groups -OCH3 is 1. The van der Waals surface area contributed by atoms with E-state index in [9.17, 15) is 5.21 Å². The van der Waals surface area contributed by atoms with Crippen molar-refractivity contribution >= 4 is 22.7 Å². The van der Waals surface area contributed by atoms with Gasteiger partial charge in [-0.25, -0.2) is 4.58 Å². The zero-order valence-corrected chi connectivity index (χ0v) is 10.8. The van der Waals surface area contributed by atoms with E-state index < -0.39 is 0 Å². The highest BCUT2D eigenvalue weighted by molar-refractivity contribution is 5.97. The van der Waals surface area contributed by atoms with Crippen LogP contribution in [0, 0.1) is 5.21 Å². The Balaban J connectivity index is 2.58. The molecule has 1 aromatic carbocycles. The number of H-pyrrole nitrogens is 1. The first-order valence-corrected chi connectivity index (χ1v) is 5.45. The predicted octanol–water partition coefficient (Wildman–Crippen LogP) is -0.0930. The van der Waals surface area contributed by atoms with Crippen molar-refractivity contribution in [1.29, 1.82) is 0 Å². The lowest BCUT2D eigenvalue weighted by Crippen LogP contribution is -2.34. The van der Waals surface area contributed by atoms with Gasteiger partial charge in [0.05, 0.1) is 33.4 Å². The molecule has 0 amide bonds. The molecule has 2 rings (SSSR count). The number of benzene rings is 1. The monoisotopic (exact) mass is 250 g/mol. The van der Waals surface area contributed by atoms with E-state index in [4.69, 9.17) is 4.74 Å². The zero-order valence-electron chi connectivity index (χ0n) is 10.8. The third-order valence-electron chi connectivity index (χ3n) is 2.68. The summed E-state index contributed by atoms with van der Waals surface area (Å²) in [6.07, 6.45) is 0. The standard InChI is InChI=1S/C11H16N5O2/c1-14(2)11(18-4)15(3)8-6-5-7-9-10(8)12-13-16(9)17/h5-7,13H,1-4H3/q+1. The van der Waals surface area contributed by atoms with Crippen LogP contribution in [0.5, 0.6) is 0 Å². The second-order valence-corrected chi connectivity index (χ2v) is 4.09. The molecule has 18 heavy (non-hydrogen) atoms. The fourth-order valence-corrected chi connectivity index (χ4v) is 1.94. The molecular weight excluding hydrogens is 234 g/mol. The van der Waals surface area contributed by atoms with Crippen LogP contribution < -0.4 is 9.75 Å². The van der Waals surface area contributed by atoms with Crippen LogP contribution in [-0.2, 0) is 4.74 Å². The van der Waals surface area contributed by atoms with E-state index in [-0.39, 0.29) is 0 Å². The van der Waals surface area contributed by atoms with Crippen LogP contribution in [0.2, 0.25) is 0 Å². The van der Waals surface area contributed by atoms with Crippen LogP contribution in [0.1, 0.15) is 0 Å². The Morgan fingerprint density at radius 3 is 2.83 bits per heavy atom. The van der Waals surface area contributed by atoms with Gasteiger partial charge in [-0.1, -0.05) is 11.3 Å². The first kappa shape index (κ1) is 12.2. The summed E-state index contributed by atoms with van der Waals surface area (Å²) in [5, 5.41) is 17.8. The number of rotatable bonds is 1.